The fourth-order valence-electron chi connectivity index (χ4n) is 3.57. The Labute approximate surface area is 150 Å². The minimum Gasteiger partial charge on any atom is -0.497 e. The second-order valence-corrected chi connectivity index (χ2v) is 7.27. The maximum absolute atomic E-state index is 12.8. The normalized spacial score (nSPS) is 22.3. The van der Waals surface area contributed by atoms with Crippen LogP contribution in [0.25, 0.3) is 0 Å². The maximum Gasteiger partial charge on any atom is 0.227 e. The summed E-state index contributed by atoms with van der Waals surface area (Å²) in [6.45, 7) is 2.11. The van der Waals surface area contributed by atoms with Crippen LogP contribution in [0.2, 0.25) is 0 Å². The summed E-state index contributed by atoms with van der Waals surface area (Å²) in [5.74, 6) is 2.02. The van der Waals surface area contributed by atoms with Crippen LogP contribution in [0.5, 0.6) is 5.75 Å². The second-order valence-electron chi connectivity index (χ2n) is 6.50. The van der Waals surface area contributed by atoms with Crippen LogP contribution in [0.1, 0.15) is 31.4 Å². The molecule has 4 rings (SSSR count). The van der Waals surface area contributed by atoms with Crippen molar-refractivity contribution in [2.75, 3.05) is 18.7 Å². The van der Waals surface area contributed by atoms with Crippen LogP contribution in [-0.4, -0.2) is 33.9 Å². The number of nitrogens with one attached hydrogen (secondary N) is 1. The number of ether oxygens (including phenoxy) is 1. The van der Waals surface area contributed by atoms with Gasteiger partial charge in [0.05, 0.1) is 7.11 Å². The lowest BCUT2D eigenvalue weighted by Gasteiger charge is -2.34. The number of fused-ring (bicyclic) bond motifs is 1. The number of benzene rings is 1. The summed E-state index contributed by atoms with van der Waals surface area (Å²) in [4.78, 5) is 17.4. The van der Waals surface area contributed by atoms with E-state index in [4.69, 9.17) is 4.74 Å². The highest BCUT2D eigenvalue weighted by atomic mass is 32.2. The van der Waals surface area contributed by atoms with E-state index in [1.54, 1.807) is 7.11 Å². The fourth-order valence-corrected chi connectivity index (χ4v) is 3.92. The third-order valence-corrected chi connectivity index (χ3v) is 5.26. The van der Waals surface area contributed by atoms with Crippen molar-refractivity contribution in [2.24, 2.45) is 5.92 Å². The Morgan fingerprint density at radius 2 is 2.04 bits per heavy atom. The number of aromatic nitrogens is 3. The van der Waals surface area contributed by atoms with E-state index in [0.29, 0.717) is 23.4 Å². The van der Waals surface area contributed by atoms with Gasteiger partial charge in [0.2, 0.25) is 11.1 Å². The molecule has 1 aromatic carbocycles. The lowest BCUT2D eigenvalue weighted by molar-refractivity contribution is -0.117. The summed E-state index contributed by atoms with van der Waals surface area (Å²) >= 11 is 1.49. The van der Waals surface area contributed by atoms with E-state index < -0.39 is 0 Å². The maximum atomic E-state index is 12.8. The van der Waals surface area contributed by atoms with Crippen LogP contribution in [-0.2, 0) is 4.79 Å². The summed E-state index contributed by atoms with van der Waals surface area (Å²) < 4.78 is 7.09. The molecular weight excluding hydrogens is 336 g/mol. The monoisotopic (exact) mass is 356 g/mol. The number of hydrogen-bond donors (Lipinski definition) is 1. The summed E-state index contributed by atoms with van der Waals surface area (Å²) in [7, 11) is 1.65. The molecule has 2 atom stereocenters. The number of carbonyl (C=O) groups excluding carboxylic acids is 1. The van der Waals surface area contributed by atoms with Crippen molar-refractivity contribution < 1.29 is 9.53 Å². The van der Waals surface area contributed by atoms with Gasteiger partial charge in [-0.3, -0.25) is 4.79 Å². The molecule has 130 valence electrons. The number of rotatable bonds is 3. The van der Waals surface area contributed by atoms with Crippen molar-refractivity contribution in [3.05, 3.63) is 41.1 Å². The molecule has 0 spiro atoms. The number of ketones is 1. The van der Waals surface area contributed by atoms with E-state index >= 15 is 0 Å². The number of carbonyl (C=O) groups is 1. The van der Waals surface area contributed by atoms with Gasteiger partial charge >= 0.3 is 0 Å². The molecule has 2 aromatic rings. The highest BCUT2D eigenvalue weighted by molar-refractivity contribution is 7.98. The molecule has 1 aromatic heterocycles. The highest BCUT2D eigenvalue weighted by Crippen LogP contribution is 2.41. The van der Waals surface area contributed by atoms with Crippen molar-refractivity contribution in [2.45, 2.75) is 31.0 Å². The Morgan fingerprint density at radius 1 is 1.28 bits per heavy atom. The van der Waals surface area contributed by atoms with Crippen LogP contribution < -0.4 is 10.1 Å². The Balaban J connectivity index is 1.87. The van der Waals surface area contributed by atoms with Gasteiger partial charge < -0.3 is 10.1 Å². The third-order valence-electron chi connectivity index (χ3n) is 4.72. The molecule has 0 radical (unpaired) electrons. The van der Waals surface area contributed by atoms with E-state index in [1.807, 2.05) is 35.2 Å². The first-order valence-electron chi connectivity index (χ1n) is 8.28. The Kier molecular flexibility index (Phi) is 4.03. The lowest BCUT2D eigenvalue weighted by atomic mass is 9.81. The van der Waals surface area contributed by atoms with Gasteiger partial charge in [-0.2, -0.15) is 4.98 Å². The van der Waals surface area contributed by atoms with Crippen molar-refractivity contribution >= 4 is 23.5 Å². The molecule has 0 saturated carbocycles. The standard InChI is InChI=1S/C18H20N4O2S/c1-10-8-13-15(14(23)9-10)16(11-4-6-12(24-2)7-5-11)22-17(19-13)20-18(21-22)25-3/h4-7,10,16H,8-9H2,1-3H3,(H,19,20,21)/t10-,16+/m1/s1. The molecule has 0 unspecified atom stereocenters. The van der Waals surface area contributed by atoms with Gasteiger partial charge in [-0.1, -0.05) is 30.8 Å². The van der Waals surface area contributed by atoms with E-state index in [-0.39, 0.29) is 11.8 Å². The predicted octanol–water partition coefficient (Wildman–Crippen LogP) is 3.28. The minimum absolute atomic E-state index is 0.189. The Bertz CT molecular complexity index is 856. The summed E-state index contributed by atoms with van der Waals surface area (Å²) in [5.41, 5.74) is 2.81. The SMILES string of the molecule is COc1ccc([C@H]2C3=C(C[C@@H](C)CC3=O)Nc3nc(SC)nn32)cc1. The number of nitrogens with zero attached hydrogens (tertiary/aromatic N) is 3. The highest BCUT2D eigenvalue weighted by Gasteiger charge is 2.38. The molecule has 2 aliphatic rings. The number of hydrogen-bond acceptors (Lipinski definition) is 6. The van der Waals surface area contributed by atoms with Crippen molar-refractivity contribution in [3.63, 3.8) is 0 Å². The zero-order valence-corrected chi connectivity index (χ0v) is 15.3. The lowest BCUT2D eigenvalue weighted by Crippen LogP contribution is -2.33. The number of Topliss-reactive ketones (excluding diaryl/α,β-unsaturated/α-hetero) is 1. The molecule has 7 heteroatoms. The number of thioether (sulfide) groups is 1. The Hall–Kier alpha value is -2.28. The molecule has 1 aliphatic carbocycles. The molecular formula is C18H20N4O2S. The van der Waals surface area contributed by atoms with Crippen LogP contribution in [0.3, 0.4) is 0 Å². The van der Waals surface area contributed by atoms with Gasteiger partial charge in [-0.05, 0) is 36.3 Å². The minimum atomic E-state index is -0.245. The number of allylic oxidation sites excluding steroid dienone is 2. The molecule has 0 amide bonds. The van der Waals surface area contributed by atoms with Gasteiger partial charge in [0, 0.05) is 17.7 Å². The predicted molar refractivity (Wildman–Crippen MR) is 97.0 cm³/mol. The second kappa shape index (κ2) is 6.22. The Morgan fingerprint density at radius 3 is 2.72 bits per heavy atom. The van der Waals surface area contributed by atoms with Gasteiger partial charge in [-0.15, -0.1) is 5.10 Å². The average Bonchev–Trinajstić information content (AvgIpc) is 3.02. The average molecular weight is 356 g/mol. The third kappa shape index (κ3) is 2.72. The largest absolute Gasteiger partial charge is 0.497 e. The molecule has 1 aliphatic heterocycles. The van der Waals surface area contributed by atoms with Crippen molar-refractivity contribution in [1.82, 2.24) is 14.8 Å². The van der Waals surface area contributed by atoms with Crippen LogP contribution >= 0.6 is 11.8 Å². The quantitative estimate of drug-likeness (QED) is 0.851. The van der Waals surface area contributed by atoms with Gasteiger partial charge in [-0.25, -0.2) is 4.68 Å². The molecule has 2 heterocycles. The molecule has 6 nitrogen and oxygen atoms in total. The van der Waals surface area contributed by atoms with Crippen molar-refractivity contribution in [1.29, 1.82) is 0 Å². The zero-order valence-electron chi connectivity index (χ0n) is 14.4. The van der Waals surface area contributed by atoms with E-state index in [9.17, 15) is 4.79 Å². The van der Waals surface area contributed by atoms with Gasteiger partial charge in [0.1, 0.15) is 11.8 Å². The van der Waals surface area contributed by atoms with E-state index in [1.165, 1.54) is 11.8 Å². The van der Waals surface area contributed by atoms with E-state index in [2.05, 4.69) is 22.3 Å². The molecule has 0 saturated heterocycles. The van der Waals surface area contributed by atoms with Crippen LogP contribution in [0.15, 0.2) is 40.7 Å². The van der Waals surface area contributed by atoms with Gasteiger partial charge in [0.25, 0.3) is 0 Å². The molecule has 25 heavy (non-hydrogen) atoms. The smallest absolute Gasteiger partial charge is 0.227 e. The van der Waals surface area contributed by atoms with Crippen LogP contribution in [0.4, 0.5) is 5.95 Å². The fraction of sp³-hybridized carbons (Fsp3) is 0.389. The first-order valence-corrected chi connectivity index (χ1v) is 9.51. The zero-order chi connectivity index (χ0) is 17.6. The first kappa shape index (κ1) is 16.2. The summed E-state index contributed by atoms with van der Waals surface area (Å²) in [5, 5.41) is 8.65. The van der Waals surface area contributed by atoms with Crippen molar-refractivity contribution in [3.8, 4) is 5.75 Å². The summed E-state index contributed by atoms with van der Waals surface area (Å²) in [6, 6.07) is 7.58. The number of methoxy groups -OCH3 is 1. The summed E-state index contributed by atoms with van der Waals surface area (Å²) in [6.07, 6.45) is 3.38. The molecule has 1 N–H and O–H groups in total. The van der Waals surface area contributed by atoms with Crippen LogP contribution in [0, 0.1) is 5.92 Å². The van der Waals surface area contributed by atoms with E-state index in [0.717, 1.165) is 29.0 Å². The van der Waals surface area contributed by atoms with Gasteiger partial charge in [0.15, 0.2) is 5.78 Å². The topological polar surface area (TPSA) is 69.0 Å². The molecule has 0 fully saturated rings. The first-order chi connectivity index (χ1) is 12.1. The molecule has 0 bridgehead atoms. The number of anilines is 1.